The Morgan fingerprint density at radius 2 is 1.95 bits per heavy atom. The first kappa shape index (κ1) is 16.8. The van der Waals surface area contributed by atoms with Crippen LogP contribution in [-0.2, 0) is 4.79 Å². The number of nitrogens with one attached hydrogen (secondary N) is 1. The maximum atomic E-state index is 12.2. The van der Waals surface area contributed by atoms with Gasteiger partial charge in [-0.05, 0) is 25.5 Å². The van der Waals surface area contributed by atoms with Crippen molar-refractivity contribution in [2.75, 3.05) is 0 Å². The van der Waals surface area contributed by atoms with Crippen LogP contribution in [0.1, 0.15) is 30.1 Å². The number of halogens is 3. The predicted molar refractivity (Wildman–Crippen MR) is 66.9 cm³/mol. The highest BCUT2D eigenvalue weighted by molar-refractivity contribution is 5.97. The molecule has 1 aromatic rings. The summed E-state index contributed by atoms with van der Waals surface area (Å²) in [4.78, 5) is 22.3. The van der Waals surface area contributed by atoms with Crippen LogP contribution < -0.4 is 10.1 Å². The molecule has 1 rings (SSSR count). The second kappa shape index (κ2) is 6.96. The first-order chi connectivity index (χ1) is 9.69. The second-order valence-corrected chi connectivity index (χ2v) is 4.35. The van der Waals surface area contributed by atoms with Crippen molar-refractivity contribution in [2.24, 2.45) is 0 Å². The number of rotatable bonds is 6. The lowest BCUT2D eigenvalue weighted by molar-refractivity contribution is -0.274. The fraction of sp³-hybridized carbons (Fsp3) is 0.385. The third-order valence-electron chi connectivity index (χ3n) is 2.53. The molecule has 0 saturated heterocycles. The lowest BCUT2D eigenvalue weighted by Gasteiger charge is -2.16. The third-order valence-corrected chi connectivity index (χ3v) is 2.53. The van der Waals surface area contributed by atoms with E-state index in [1.807, 2.05) is 0 Å². The normalized spacial score (nSPS) is 12.6. The van der Waals surface area contributed by atoms with E-state index in [0.29, 0.717) is 0 Å². The number of carbonyl (C=O) groups excluding carboxylic acids is 1. The summed E-state index contributed by atoms with van der Waals surface area (Å²) in [5.74, 6) is -2.38. The van der Waals surface area contributed by atoms with Crippen LogP contribution in [0.4, 0.5) is 13.2 Å². The average Bonchev–Trinajstić information content (AvgIpc) is 2.35. The zero-order valence-corrected chi connectivity index (χ0v) is 11.1. The summed E-state index contributed by atoms with van der Waals surface area (Å²) in [6.45, 7) is 1.56. The van der Waals surface area contributed by atoms with Gasteiger partial charge in [0.1, 0.15) is 5.75 Å². The maximum absolute atomic E-state index is 12.2. The van der Waals surface area contributed by atoms with Crippen molar-refractivity contribution < 1.29 is 32.6 Å². The van der Waals surface area contributed by atoms with E-state index < -0.39 is 30.0 Å². The number of carboxylic acid groups (broad SMARTS) is 1. The van der Waals surface area contributed by atoms with E-state index >= 15 is 0 Å². The molecule has 8 heteroatoms. The molecule has 5 nitrogen and oxygen atoms in total. The second-order valence-electron chi connectivity index (χ2n) is 4.35. The number of aliphatic carboxylic acids is 1. The molecule has 116 valence electrons. The molecule has 0 aromatic heterocycles. The van der Waals surface area contributed by atoms with Gasteiger partial charge >= 0.3 is 12.3 Å². The van der Waals surface area contributed by atoms with Crippen LogP contribution in [0.5, 0.6) is 5.75 Å². The van der Waals surface area contributed by atoms with E-state index in [1.54, 1.807) is 6.92 Å². The van der Waals surface area contributed by atoms with Gasteiger partial charge in [-0.3, -0.25) is 9.59 Å². The minimum absolute atomic E-state index is 0.151. The van der Waals surface area contributed by atoms with Gasteiger partial charge in [0.05, 0.1) is 5.56 Å². The van der Waals surface area contributed by atoms with Crippen molar-refractivity contribution in [3.05, 3.63) is 29.8 Å². The Hall–Kier alpha value is -2.25. The molecule has 0 bridgehead atoms. The van der Waals surface area contributed by atoms with Gasteiger partial charge in [0.15, 0.2) is 0 Å². The van der Waals surface area contributed by atoms with Crippen molar-refractivity contribution in [3.63, 3.8) is 0 Å². The summed E-state index contributed by atoms with van der Waals surface area (Å²) in [5, 5.41) is 11.0. The molecule has 1 amide bonds. The standard InChI is InChI=1S/C13H14F3NO4/c1-8(6-7-11(18)19)17-12(20)9-4-2-3-5-10(9)21-13(14,15)16/h2-5,8H,6-7H2,1H3,(H,17,20)(H,18,19). The van der Waals surface area contributed by atoms with Crippen molar-refractivity contribution in [3.8, 4) is 5.75 Å². The van der Waals surface area contributed by atoms with Crippen LogP contribution in [0, 0.1) is 0 Å². The van der Waals surface area contributed by atoms with Crippen LogP contribution in [0.15, 0.2) is 24.3 Å². The molecule has 1 atom stereocenters. The number of amides is 1. The highest BCUT2D eigenvalue weighted by atomic mass is 19.4. The van der Waals surface area contributed by atoms with Gasteiger partial charge in [0, 0.05) is 12.5 Å². The van der Waals surface area contributed by atoms with E-state index in [1.165, 1.54) is 18.2 Å². The molecule has 0 radical (unpaired) electrons. The van der Waals surface area contributed by atoms with Crippen molar-refractivity contribution in [1.29, 1.82) is 0 Å². The predicted octanol–water partition coefficient (Wildman–Crippen LogP) is 2.57. The fourth-order valence-corrected chi connectivity index (χ4v) is 1.58. The van der Waals surface area contributed by atoms with E-state index in [4.69, 9.17) is 5.11 Å². The fourth-order valence-electron chi connectivity index (χ4n) is 1.58. The number of hydrogen-bond acceptors (Lipinski definition) is 3. The van der Waals surface area contributed by atoms with Gasteiger partial charge in [0.25, 0.3) is 5.91 Å². The number of para-hydroxylation sites is 1. The van der Waals surface area contributed by atoms with Gasteiger partial charge in [-0.2, -0.15) is 0 Å². The smallest absolute Gasteiger partial charge is 0.481 e. The highest BCUT2D eigenvalue weighted by Gasteiger charge is 2.32. The van der Waals surface area contributed by atoms with Crippen molar-refractivity contribution >= 4 is 11.9 Å². The van der Waals surface area contributed by atoms with Crippen LogP contribution in [0.25, 0.3) is 0 Å². The molecule has 0 saturated carbocycles. The van der Waals surface area contributed by atoms with Crippen LogP contribution in [0.3, 0.4) is 0 Å². The van der Waals surface area contributed by atoms with E-state index in [2.05, 4.69) is 10.1 Å². The molecule has 0 fully saturated rings. The third kappa shape index (κ3) is 6.15. The summed E-state index contributed by atoms with van der Waals surface area (Å²) in [7, 11) is 0. The van der Waals surface area contributed by atoms with Crippen LogP contribution in [-0.4, -0.2) is 29.4 Å². The molecule has 0 aliphatic carbocycles. The Morgan fingerprint density at radius 1 is 1.33 bits per heavy atom. The number of hydrogen-bond donors (Lipinski definition) is 2. The Bertz CT molecular complexity index is 516. The van der Waals surface area contributed by atoms with E-state index in [0.717, 1.165) is 6.07 Å². The minimum Gasteiger partial charge on any atom is -0.481 e. The first-order valence-corrected chi connectivity index (χ1v) is 6.06. The van der Waals surface area contributed by atoms with E-state index in [9.17, 15) is 22.8 Å². The Kier molecular flexibility index (Phi) is 5.57. The highest BCUT2D eigenvalue weighted by Crippen LogP contribution is 2.26. The van der Waals surface area contributed by atoms with Gasteiger partial charge in [0.2, 0.25) is 0 Å². The SMILES string of the molecule is CC(CCC(=O)O)NC(=O)c1ccccc1OC(F)(F)F. The quantitative estimate of drug-likeness (QED) is 0.847. The van der Waals surface area contributed by atoms with Gasteiger partial charge < -0.3 is 15.2 Å². The lowest BCUT2D eigenvalue weighted by Crippen LogP contribution is -2.33. The zero-order chi connectivity index (χ0) is 16.0. The lowest BCUT2D eigenvalue weighted by atomic mass is 10.1. The number of benzene rings is 1. The summed E-state index contributed by atoms with van der Waals surface area (Å²) in [6.07, 6.45) is -4.88. The Morgan fingerprint density at radius 3 is 2.52 bits per heavy atom. The number of carboxylic acids is 1. The van der Waals surface area contributed by atoms with Crippen molar-refractivity contribution in [2.45, 2.75) is 32.2 Å². The summed E-state index contributed by atoms with van der Waals surface area (Å²) in [6, 6.07) is 4.45. The Balaban J connectivity index is 2.76. The molecule has 0 aliphatic heterocycles. The molecule has 2 N–H and O–H groups in total. The molecular formula is C13H14F3NO4. The van der Waals surface area contributed by atoms with E-state index in [-0.39, 0.29) is 18.4 Å². The molecule has 1 unspecified atom stereocenters. The monoisotopic (exact) mass is 305 g/mol. The molecule has 21 heavy (non-hydrogen) atoms. The minimum atomic E-state index is -4.90. The molecule has 0 heterocycles. The number of alkyl halides is 3. The topological polar surface area (TPSA) is 75.6 Å². The van der Waals surface area contributed by atoms with Gasteiger partial charge in [-0.1, -0.05) is 12.1 Å². The van der Waals surface area contributed by atoms with Gasteiger partial charge in [-0.25, -0.2) is 0 Å². The van der Waals surface area contributed by atoms with Crippen LogP contribution in [0.2, 0.25) is 0 Å². The first-order valence-electron chi connectivity index (χ1n) is 6.06. The summed E-state index contributed by atoms with van der Waals surface area (Å²) in [5.41, 5.74) is -0.267. The molecule has 1 aromatic carbocycles. The average molecular weight is 305 g/mol. The Labute approximate surface area is 118 Å². The number of ether oxygens (including phenoxy) is 1. The van der Waals surface area contributed by atoms with Crippen molar-refractivity contribution in [1.82, 2.24) is 5.32 Å². The molecular weight excluding hydrogens is 291 g/mol. The largest absolute Gasteiger partial charge is 0.573 e. The number of carbonyl (C=O) groups is 2. The zero-order valence-electron chi connectivity index (χ0n) is 11.1. The summed E-state index contributed by atoms with van der Waals surface area (Å²) >= 11 is 0. The summed E-state index contributed by atoms with van der Waals surface area (Å²) < 4.78 is 40.5. The van der Waals surface area contributed by atoms with Crippen LogP contribution >= 0.6 is 0 Å². The molecule has 0 spiro atoms. The van der Waals surface area contributed by atoms with Gasteiger partial charge in [-0.15, -0.1) is 13.2 Å². The molecule has 0 aliphatic rings. The maximum Gasteiger partial charge on any atom is 0.573 e.